The SMILES string of the molecule is CC1(C)C(CC(=O)/C(=N\OCCOc2ccc(C(N)=NCCCC(=N)N)cc2)c2csc(N)n2)C(=O)N1OS(=O)(=O)O. The highest BCUT2D eigenvalue weighted by molar-refractivity contribution is 7.80. The highest BCUT2D eigenvalue weighted by Crippen LogP contribution is 2.40. The third kappa shape index (κ3) is 8.68. The van der Waals surface area contributed by atoms with Crippen molar-refractivity contribution in [3.05, 3.63) is 40.9 Å². The van der Waals surface area contributed by atoms with Crippen LogP contribution in [-0.2, 0) is 29.1 Å². The summed E-state index contributed by atoms with van der Waals surface area (Å²) in [5, 5.41) is 13.3. The largest absolute Gasteiger partial charge is 0.490 e. The van der Waals surface area contributed by atoms with Crippen LogP contribution in [0.15, 0.2) is 39.8 Å². The molecule has 16 nitrogen and oxygen atoms in total. The Bertz CT molecular complexity index is 1470. The molecule has 1 aliphatic heterocycles. The molecule has 0 aliphatic carbocycles. The maximum absolute atomic E-state index is 13.1. The Kier molecular flexibility index (Phi) is 10.6. The van der Waals surface area contributed by atoms with Crippen LogP contribution < -0.4 is 21.9 Å². The fourth-order valence-electron chi connectivity index (χ4n) is 3.88. The van der Waals surface area contributed by atoms with Crippen LogP contribution in [0, 0.1) is 11.3 Å². The van der Waals surface area contributed by atoms with Crippen molar-refractivity contribution in [2.24, 2.45) is 27.5 Å². The van der Waals surface area contributed by atoms with Gasteiger partial charge in [0.1, 0.15) is 23.9 Å². The quantitative estimate of drug-likeness (QED) is 0.0435. The molecule has 18 heteroatoms. The third-order valence-corrected chi connectivity index (χ3v) is 7.11. The number of hydrogen-bond donors (Lipinski definition) is 5. The summed E-state index contributed by atoms with van der Waals surface area (Å²) in [5.41, 5.74) is 16.5. The first-order valence-electron chi connectivity index (χ1n) is 12.5. The Morgan fingerprint density at radius 2 is 1.93 bits per heavy atom. The summed E-state index contributed by atoms with van der Waals surface area (Å²) in [7, 11) is -4.93. The molecule has 1 saturated heterocycles. The first-order valence-corrected chi connectivity index (χ1v) is 14.7. The van der Waals surface area contributed by atoms with Crippen molar-refractivity contribution >= 4 is 55.9 Å². The zero-order chi connectivity index (χ0) is 31.1. The molecule has 8 N–H and O–H groups in total. The van der Waals surface area contributed by atoms with Crippen LogP contribution in [0.1, 0.15) is 44.4 Å². The van der Waals surface area contributed by atoms with Gasteiger partial charge in [0.05, 0.1) is 17.3 Å². The molecule has 1 amide bonds. The van der Waals surface area contributed by atoms with Crippen LogP contribution in [0.2, 0.25) is 0 Å². The van der Waals surface area contributed by atoms with E-state index in [-0.39, 0.29) is 42.0 Å². The van der Waals surface area contributed by atoms with Gasteiger partial charge in [-0.1, -0.05) is 5.16 Å². The van der Waals surface area contributed by atoms with Gasteiger partial charge in [0.2, 0.25) is 0 Å². The standard InChI is InChI=1S/C24H32N8O8S2/c1-24(2)16(22(34)32(24)40-42(35,36)37)12-18(33)20(17-13-41-23(28)30-17)31-39-11-10-38-15-7-5-14(6-8-15)21(27)29-9-3-4-19(25)26/h5-8,13,16H,3-4,9-12H2,1-2H3,(H3,25,26)(H2,27,29)(H2,28,30)(H,35,36,37)/b31-20-. The van der Waals surface area contributed by atoms with E-state index in [0.717, 1.165) is 11.3 Å². The number of thiazole rings is 1. The van der Waals surface area contributed by atoms with Gasteiger partial charge in [-0.2, -0.15) is 13.5 Å². The Morgan fingerprint density at radius 1 is 1.24 bits per heavy atom. The summed E-state index contributed by atoms with van der Waals surface area (Å²) in [6.07, 6.45) is 0.725. The molecule has 1 aliphatic rings. The van der Waals surface area contributed by atoms with E-state index < -0.39 is 33.5 Å². The summed E-state index contributed by atoms with van der Waals surface area (Å²) in [6.45, 7) is 3.45. The number of nitrogens with zero attached hydrogens (tertiary/aromatic N) is 4. The van der Waals surface area contributed by atoms with E-state index in [1.54, 1.807) is 24.3 Å². The lowest BCUT2D eigenvalue weighted by molar-refractivity contribution is -0.228. The number of nitrogen functional groups attached to an aromatic ring is 1. The van der Waals surface area contributed by atoms with Crippen LogP contribution in [0.5, 0.6) is 5.75 Å². The average molecular weight is 625 g/mol. The maximum atomic E-state index is 13.1. The van der Waals surface area contributed by atoms with E-state index in [9.17, 15) is 18.0 Å². The number of carbonyl (C=O) groups is 2. The number of rotatable bonds is 16. The number of oxime groups is 1. The highest BCUT2D eigenvalue weighted by atomic mass is 32.3. The lowest BCUT2D eigenvalue weighted by Gasteiger charge is -2.50. The minimum Gasteiger partial charge on any atom is -0.490 e. The first-order chi connectivity index (χ1) is 19.7. The molecule has 1 atom stereocenters. The van der Waals surface area contributed by atoms with Crippen molar-refractivity contribution in [1.29, 1.82) is 5.41 Å². The number of anilines is 1. The Labute approximate surface area is 245 Å². The van der Waals surface area contributed by atoms with Gasteiger partial charge in [0.25, 0.3) is 5.91 Å². The van der Waals surface area contributed by atoms with E-state index in [0.29, 0.717) is 41.6 Å². The molecule has 1 aromatic carbocycles. The van der Waals surface area contributed by atoms with E-state index in [2.05, 4.69) is 19.4 Å². The molecule has 0 spiro atoms. The molecule has 0 bridgehead atoms. The van der Waals surface area contributed by atoms with Crippen molar-refractivity contribution in [3.8, 4) is 5.75 Å². The van der Waals surface area contributed by atoms with Crippen molar-refractivity contribution in [2.75, 3.05) is 25.5 Å². The zero-order valence-corrected chi connectivity index (χ0v) is 24.5. The Morgan fingerprint density at radius 3 is 2.50 bits per heavy atom. The van der Waals surface area contributed by atoms with E-state index in [1.807, 2.05) is 0 Å². The zero-order valence-electron chi connectivity index (χ0n) is 22.8. The normalized spacial score (nSPS) is 17.1. The van der Waals surface area contributed by atoms with Crippen molar-refractivity contribution in [2.45, 2.75) is 38.6 Å². The lowest BCUT2D eigenvalue weighted by Crippen LogP contribution is -2.68. The molecular formula is C24H32N8O8S2. The number of ether oxygens (including phenoxy) is 1. The Balaban J connectivity index is 1.56. The van der Waals surface area contributed by atoms with Crippen molar-refractivity contribution in [1.82, 2.24) is 10.0 Å². The number of benzene rings is 1. The number of hydroxylamine groups is 2. The molecule has 0 saturated carbocycles. The fraction of sp³-hybridized carbons (Fsp3) is 0.417. The minimum absolute atomic E-state index is 0.0400. The summed E-state index contributed by atoms with van der Waals surface area (Å²) in [4.78, 5) is 39.2. The van der Waals surface area contributed by atoms with Crippen LogP contribution in [0.4, 0.5) is 5.13 Å². The molecule has 0 radical (unpaired) electrons. The number of β-lactam (4-membered cyclic amide) rings is 1. The molecule has 42 heavy (non-hydrogen) atoms. The number of ketones is 1. The predicted molar refractivity (Wildman–Crippen MR) is 154 cm³/mol. The van der Waals surface area contributed by atoms with Crippen LogP contribution in [-0.4, -0.2) is 77.4 Å². The van der Waals surface area contributed by atoms with Gasteiger partial charge in [-0.3, -0.25) is 24.5 Å². The first kappa shape index (κ1) is 32.4. The Hall–Kier alpha value is -4.13. The van der Waals surface area contributed by atoms with Gasteiger partial charge in [0.15, 0.2) is 23.2 Å². The van der Waals surface area contributed by atoms with E-state index in [1.165, 1.54) is 19.2 Å². The van der Waals surface area contributed by atoms with Gasteiger partial charge in [-0.05, 0) is 44.5 Å². The fourth-order valence-corrected chi connectivity index (χ4v) is 4.88. The molecule has 2 heterocycles. The second-order valence-corrected chi connectivity index (χ2v) is 11.5. The molecule has 1 fully saturated rings. The molecule has 3 rings (SSSR count). The van der Waals surface area contributed by atoms with Gasteiger partial charge in [0, 0.05) is 30.3 Å². The highest BCUT2D eigenvalue weighted by Gasteiger charge is 2.57. The lowest BCUT2D eigenvalue weighted by atomic mass is 9.74. The van der Waals surface area contributed by atoms with Crippen molar-refractivity contribution in [3.63, 3.8) is 0 Å². The maximum Gasteiger partial charge on any atom is 0.418 e. The van der Waals surface area contributed by atoms with Gasteiger partial charge < -0.3 is 26.8 Å². The summed E-state index contributed by atoms with van der Waals surface area (Å²) >= 11 is 1.08. The van der Waals surface area contributed by atoms with Crippen LogP contribution in [0.3, 0.4) is 0 Å². The predicted octanol–water partition coefficient (Wildman–Crippen LogP) is 0.877. The van der Waals surface area contributed by atoms with E-state index in [4.69, 9.17) is 36.7 Å². The molecule has 1 aromatic heterocycles. The molecule has 2 aromatic rings. The molecule has 228 valence electrons. The van der Waals surface area contributed by atoms with Gasteiger partial charge in [-0.15, -0.1) is 15.6 Å². The monoisotopic (exact) mass is 624 g/mol. The second-order valence-electron chi connectivity index (χ2n) is 9.58. The minimum atomic E-state index is -4.93. The number of amidine groups is 2. The van der Waals surface area contributed by atoms with Crippen molar-refractivity contribution < 1.29 is 36.4 Å². The topological polar surface area (TPSA) is 259 Å². The number of hydrogen-bond acceptors (Lipinski definition) is 13. The average Bonchev–Trinajstić information content (AvgIpc) is 3.35. The van der Waals surface area contributed by atoms with Gasteiger partial charge >= 0.3 is 10.4 Å². The van der Waals surface area contributed by atoms with Gasteiger partial charge in [-0.25, -0.2) is 4.98 Å². The number of nitrogens with one attached hydrogen (secondary N) is 1. The molecule has 1 unspecified atom stereocenters. The summed E-state index contributed by atoms with van der Waals surface area (Å²) in [6, 6.07) is 6.89. The number of carbonyl (C=O) groups excluding carboxylic acids is 2. The summed E-state index contributed by atoms with van der Waals surface area (Å²) in [5.74, 6) is -1.37. The number of aromatic nitrogens is 1. The van der Waals surface area contributed by atoms with E-state index >= 15 is 0 Å². The smallest absolute Gasteiger partial charge is 0.418 e. The number of aliphatic imine (C=N–C) groups is 1. The third-order valence-electron chi connectivity index (χ3n) is 6.10. The number of nitrogens with two attached hydrogens (primary N) is 3. The van der Waals surface area contributed by atoms with Crippen LogP contribution >= 0.6 is 11.3 Å². The number of Topliss-reactive ketones (excluding diaryl/α,β-unsaturated/α-hetero) is 1. The summed E-state index contributed by atoms with van der Waals surface area (Å²) < 4.78 is 41.0. The second kappa shape index (κ2) is 13.7. The molecular weight excluding hydrogens is 592 g/mol. The van der Waals surface area contributed by atoms with Crippen LogP contribution in [0.25, 0.3) is 0 Å². The number of amides is 1.